The van der Waals surface area contributed by atoms with Gasteiger partial charge in [-0.05, 0) is 5.41 Å². The van der Waals surface area contributed by atoms with Crippen LogP contribution in [-0.4, -0.2) is 13.7 Å². The Hall–Kier alpha value is 0.230. The third-order valence-electron chi connectivity index (χ3n) is 0.636. The normalized spacial score (nSPS) is 12.0. The zero-order chi connectivity index (χ0) is 8.04. The van der Waals surface area contributed by atoms with E-state index in [1.165, 1.54) is 7.11 Å². The van der Waals surface area contributed by atoms with E-state index >= 15 is 0 Å². The summed E-state index contributed by atoms with van der Waals surface area (Å²) in [4.78, 5) is 4.29. The average molecular weight is 166 g/mol. The highest BCUT2D eigenvalue weighted by molar-refractivity contribution is 7.89. The van der Waals surface area contributed by atoms with E-state index in [-0.39, 0.29) is 5.41 Å². The van der Waals surface area contributed by atoms with Crippen molar-refractivity contribution in [2.24, 2.45) is 5.41 Å². The maximum Gasteiger partial charge on any atom is 0.194 e. The molecule has 4 heteroatoms. The summed E-state index contributed by atoms with van der Waals surface area (Å²) in [6, 6.07) is 0. The van der Waals surface area contributed by atoms with Crippen LogP contribution in [-0.2, 0) is 13.4 Å². The lowest BCUT2D eigenvalue weighted by Crippen LogP contribution is -2.11. The van der Waals surface area contributed by atoms with Crippen molar-refractivity contribution in [2.75, 3.05) is 13.7 Å². The Morgan fingerprint density at radius 1 is 1.30 bits per heavy atom. The van der Waals surface area contributed by atoms with Gasteiger partial charge in [0, 0.05) is 0 Å². The molecule has 0 amide bonds. The van der Waals surface area contributed by atoms with Crippen molar-refractivity contribution in [3.8, 4) is 0 Å². The van der Waals surface area contributed by atoms with Gasteiger partial charge in [0.1, 0.15) is 0 Å². The van der Waals surface area contributed by atoms with Crippen LogP contribution >= 0.6 is 12.3 Å². The SMILES string of the molecule is COOSOCC(C)(C)C. The van der Waals surface area contributed by atoms with E-state index < -0.39 is 0 Å². The van der Waals surface area contributed by atoms with E-state index in [2.05, 4.69) is 30.0 Å². The third-order valence-corrected chi connectivity index (χ3v) is 1.04. The fraction of sp³-hybridized carbons (Fsp3) is 1.00. The minimum atomic E-state index is 0.171. The first-order valence-corrected chi connectivity index (χ1v) is 3.72. The van der Waals surface area contributed by atoms with Crippen molar-refractivity contribution < 1.29 is 13.4 Å². The predicted molar refractivity (Wildman–Crippen MR) is 41.1 cm³/mol. The molecule has 0 fully saturated rings. The molecule has 0 aromatic rings. The highest BCUT2D eigenvalue weighted by atomic mass is 32.2. The zero-order valence-corrected chi connectivity index (χ0v) is 7.66. The molecule has 0 aliphatic carbocycles. The van der Waals surface area contributed by atoms with Gasteiger partial charge in [-0.3, -0.25) is 4.18 Å². The molecule has 0 radical (unpaired) electrons. The summed E-state index contributed by atoms with van der Waals surface area (Å²) in [6.45, 7) is 6.89. The third kappa shape index (κ3) is 8.23. The Kier molecular flexibility index (Phi) is 5.07. The van der Waals surface area contributed by atoms with Gasteiger partial charge >= 0.3 is 0 Å². The summed E-state index contributed by atoms with van der Waals surface area (Å²) in [6.07, 6.45) is 0. The Morgan fingerprint density at radius 2 is 1.90 bits per heavy atom. The molecular formula is C6H14O3S. The van der Waals surface area contributed by atoms with Gasteiger partial charge in [0.15, 0.2) is 12.3 Å². The average Bonchev–Trinajstić information content (AvgIpc) is 1.78. The molecule has 10 heavy (non-hydrogen) atoms. The topological polar surface area (TPSA) is 27.7 Å². The first-order chi connectivity index (χ1) is 4.56. The van der Waals surface area contributed by atoms with Crippen molar-refractivity contribution in [2.45, 2.75) is 20.8 Å². The van der Waals surface area contributed by atoms with Gasteiger partial charge in [0.05, 0.1) is 13.7 Å². The lowest BCUT2D eigenvalue weighted by Gasteiger charge is -2.15. The quantitative estimate of drug-likeness (QED) is 0.277. The van der Waals surface area contributed by atoms with E-state index in [0.29, 0.717) is 6.61 Å². The minimum Gasteiger partial charge on any atom is -0.289 e. The summed E-state index contributed by atoms with van der Waals surface area (Å²) >= 11 is 0.858. The lowest BCUT2D eigenvalue weighted by molar-refractivity contribution is -0.167. The Morgan fingerprint density at radius 3 is 2.30 bits per heavy atom. The van der Waals surface area contributed by atoms with Crippen LogP contribution in [0.1, 0.15) is 20.8 Å². The van der Waals surface area contributed by atoms with Gasteiger partial charge in [-0.25, -0.2) is 4.89 Å². The van der Waals surface area contributed by atoms with Crippen LogP contribution < -0.4 is 0 Å². The summed E-state index contributed by atoms with van der Waals surface area (Å²) in [5.41, 5.74) is 0.171. The van der Waals surface area contributed by atoms with Crippen molar-refractivity contribution in [3.63, 3.8) is 0 Å². The molecule has 0 unspecified atom stereocenters. The van der Waals surface area contributed by atoms with E-state index in [4.69, 9.17) is 4.18 Å². The molecule has 0 heterocycles. The van der Waals surface area contributed by atoms with Gasteiger partial charge in [-0.2, -0.15) is 0 Å². The van der Waals surface area contributed by atoms with Crippen LogP contribution in [0.3, 0.4) is 0 Å². The molecule has 0 bridgehead atoms. The van der Waals surface area contributed by atoms with Crippen LogP contribution in [0, 0.1) is 5.41 Å². The summed E-state index contributed by atoms with van der Waals surface area (Å²) < 4.78 is 9.43. The van der Waals surface area contributed by atoms with Crippen molar-refractivity contribution in [1.29, 1.82) is 0 Å². The monoisotopic (exact) mass is 166 g/mol. The first kappa shape index (κ1) is 10.2. The van der Waals surface area contributed by atoms with Crippen molar-refractivity contribution in [1.82, 2.24) is 0 Å². The van der Waals surface area contributed by atoms with Crippen LogP contribution in [0.25, 0.3) is 0 Å². The molecule has 0 N–H and O–H groups in total. The maximum absolute atomic E-state index is 5.01. The smallest absolute Gasteiger partial charge is 0.194 e. The van der Waals surface area contributed by atoms with Gasteiger partial charge in [0.25, 0.3) is 0 Å². The first-order valence-electron chi connectivity index (χ1n) is 3.05. The Balaban J connectivity index is 3.04. The molecule has 0 aliphatic rings. The molecule has 0 aromatic heterocycles. The zero-order valence-electron chi connectivity index (χ0n) is 6.84. The van der Waals surface area contributed by atoms with Gasteiger partial charge in [-0.15, -0.1) is 4.33 Å². The number of rotatable bonds is 4. The van der Waals surface area contributed by atoms with Gasteiger partial charge < -0.3 is 0 Å². The van der Waals surface area contributed by atoms with Crippen LogP contribution in [0.2, 0.25) is 0 Å². The highest BCUT2D eigenvalue weighted by Gasteiger charge is 2.10. The molecule has 0 saturated carbocycles. The molecular weight excluding hydrogens is 152 g/mol. The molecule has 0 saturated heterocycles. The van der Waals surface area contributed by atoms with E-state index in [1.807, 2.05) is 0 Å². The molecule has 0 spiro atoms. The number of hydrogen-bond acceptors (Lipinski definition) is 4. The maximum atomic E-state index is 5.01. The summed E-state index contributed by atoms with van der Waals surface area (Å²) in [5, 5.41) is 0. The minimum absolute atomic E-state index is 0.171. The predicted octanol–water partition coefficient (Wildman–Crippen LogP) is 2.19. The second kappa shape index (κ2) is 4.96. The molecule has 3 nitrogen and oxygen atoms in total. The largest absolute Gasteiger partial charge is 0.289 e. The van der Waals surface area contributed by atoms with Crippen molar-refractivity contribution in [3.05, 3.63) is 0 Å². The number of hydrogen-bond donors (Lipinski definition) is 0. The van der Waals surface area contributed by atoms with Gasteiger partial charge in [-0.1, -0.05) is 20.8 Å². The second-order valence-corrected chi connectivity index (χ2v) is 3.63. The van der Waals surface area contributed by atoms with E-state index in [1.54, 1.807) is 0 Å². The van der Waals surface area contributed by atoms with Crippen LogP contribution in [0.15, 0.2) is 0 Å². The Bertz CT molecular complexity index is 79.6. The molecule has 62 valence electrons. The fourth-order valence-electron chi connectivity index (χ4n) is 0.248. The molecule has 0 aliphatic heterocycles. The van der Waals surface area contributed by atoms with E-state index in [0.717, 1.165) is 12.3 Å². The molecule has 0 aromatic carbocycles. The van der Waals surface area contributed by atoms with Crippen LogP contribution in [0.5, 0.6) is 0 Å². The summed E-state index contributed by atoms with van der Waals surface area (Å²) in [7, 11) is 1.44. The van der Waals surface area contributed by atoms with Crippen molar-refractivity contribution >= 4 is 12.3 Å². The molecule has 0 atom stereocenters. The second-order valence-electron chi connectivity index (χ2n) is 3.13. The van der Waals surface area contributed by atoms with Gasteiger partial charge in [0.2, 0.25) is 0 Å². The Labute approximate surface area is 66.4 Å². The van der Waals surface area contributed by atoms with Crippen LogP contribution in [0.4, 0.5) is 0 Å². The molecule has 0 rings (SSSR count). The standard InChI is InChI=1S/C6H14O3S/c1-6(2,3)5-8-10-9-7-4/h5H2,1-4H3. The fourth-order valence-corrected chi connectivity index (χ4v) is 0.745. The highest BCUT2D eigenvalue weighted by Crippen LogP contribution is 2.17. The summed E-state index contributed by atoms with van der Waals surface area (Å²) in [5.74, 6) is 0. The lowest BCUT2D eigenvalue weighted by atomic mass is 9.99. The van der Waals surface area contributed by atoms with E-state index in [9.17, 15) is 0 Å².